The molecule has 4 nitrogen and oxygen atoms in total. The van der Waals surface area contributed by atoms with E-state index in [1.54, 1.807) is 0 Å². The minimum atomic E-state index is 0.893. The Morgan fingerprint density at radius 2 is 0.600 bits per heavy atom. The molecule has 0 bridgehead atoms. The van der Waals surface area contributed by atoms with Crippen molar-refractivity contribution in [2.75, 3.05) is 0 Å². The second-order valence-electron chi connectivity index (χ2n) is 15.4. The van der Waals surface area contributed by atoms with Gasteiger partial charge in [-0.3, -0.25) is 0 Å². The number of hydrogen-bond donors (Lipinski definition) is 0. The van der Waals surface area contributed by atoms with E-state index in [9.17, 15) is 0 Å². The van der Waals surface area contributed by atoms with Gasteiger partial charge in [-0.05, 0) is 69.1 Å². The van der Waals surface area contributed by atoms with Crippen LogP contribution in [0.1, 0.15) is 0 Å². The molecule has 0 aliphatic heterocycles. The van der Waals surface area contributed by atoms with Crippen molar-refractivity contribution in [1.82, 2.24) is 19.9 Å². The van der Waals surface area contributed by atoms with Gasteiger partial charge in [0.05, 0.1) is 44.8 Å². The third-order valence-corrected chi connectivity index (χ3v) is 11.8. The molecule has 12 aromatic rings. The third-order valence-electron chi connectivity index (χ3n) is 11.8. The summed E-state index contributed by atoms with van der Waals surface area (Å²) in [7, 11) is 0. The zero-order chi connectivity index (χ0) is 39.6. The van der Waals surface area contributed by atoms with Crippen molar-refractivity contribution in [1.29, 1.82) is 0 Å². The van der Waals surface area contributed by atoms with Crippen LogP contribution in [0.5, 0.6) is 0 Å². The average molecular weight is 763 g/mol. The molecule has 4 aromatic heterocycles. The van der Waals surface area contributed by atoms with Crippen molar-refractivity contribution in [3.63, 3.8) is 0 Å². The first kappa shape index (κ1) is 34.0. The van der Waals surface area contributed by atoms with Gasteiger partial charge in [-0.15, -0.1) is 0 Å². The average Bonchev–Trinajstić information content (AvgIpc) is 3.32. The van der Waals surface area contributed by atoms with Crippen molar-refractivity contribution in [2.24, 2.45) is 0 Å². The summed E-state index contributed by atoms with van der Waals surface area (Å²) in [5.74, 6) is 0. The zero-order valence-corrected chi connectivity index (χ0v) is 32.4. The van der Waals surface area contributed by atoms with Crippen molar-refractivity contribution >= 4 is 65.2 Å². The molecule has 278 valence electrons. The van der Waals surface area contributed by atoms with Gasteiger partial charge in [-0.2, -0.15) is 0 Å². The Balaban J connectivity index is 1.01. The SMILES string of the molecule is c1ccc(-c2ccc3ccc(-c4ccc5ccc(-c6c7ccccc7c(-c7ccc8ccc9ccc(-c%10ccccc%10)nc9c8n7)c7ccccc67)nc5c4)nc3c2)cc1. The number of fused-ring (bicyclic) bond motifs is 7. The molecular formula is C56H34N4. The topological polar surface area (TPSA) is 51.6 Å². The summed E-state index contributed by atoms with van der Waals surface area (Å²) < 4.78 is 0. The first-order valence-electron chi connectivity index (χ1n) is 20.3. The van der Waals surface area contributed by atoms with E-state index in [0.717, 1.165) is 116 Å². The van der Waals surface area contributed by atoms with E-state index in [2.05, 4.69) is 194 Å². The molecule has 0 fully saturated rings. The second kappa shape index (κ2) is 13.8. The monoisotopic (exact) mass is 762 g/mol. The van der Waals surface area contributed by atoms with Gasteiger partial charge in [0.1, 0.15) is 0 Å². The molecule has 4 heteroatoms. The number of benzene rings is 8. The summed E-state index contributed by atoms with van der Waals surface area (Å²) in [4.78, 5) is 21.2. The summed E-state index contributed by atoms with van der Waals surface area (Å²) in [5.41, 5.74) is 14.0. The van der Waals surface area contributed by atoms with E-state index in [1.165, 1.54) is 5.56 Å². The fraction of sp³-hybridized carbons (Fsp3) is 0. The molecule has 12 rings (SSSR count). The highest BCUT2D eigenvalue weighted by atomic mass is 14.8. The van der Waals surface area contributed by atoms with E-state index >= 15 is 0 Å². The van der Waals surface area contributed by atoms with Gasteiger partial charge in [-0.25, -0.2) is 19.9 Å². The maximum absolute atomic E-state index is 5.45. The van der Waals surface area contributed by atoms with Gasteiger partial charge in [-0.1, -0.05) is 170 Å². The minimum Gasteiger partial charge on any atom is -0.248 e. The fourth-order valence-corrected chi connectivity index (χ4v) is 8.86. The van der Waals surface area contributed by atoms with Crippen LogP contribution in [0.3, 0.4) is 0 Å². The van der Waals surface area contributed by atoms with Crippen LogP contribution in [0.2, 0.25) is 0 Å². The number of hydrogen-bond acceptors (Lipinski definition) is 4. The van der Waals surface area contributed by atoms with Gasteiger partial charge in [0.2, 0.25) is 0 Å². The van der Waals surface area contributed by atoms with Crippen LogP contribution in [0.25, 0.3) is 121 Å². The highest BCUT2D eigenvalue weighted by molar-refractivity contribution is 6.21. The summed E-state index contributed by atoms with van der Waals surface area (Å²) >= 11 is 0. The van der Waals surface area contributed by atoms with E-state index in [0.29, 0.717) is 0 Å². The molecule has 0 unspecified atom stereocenters. The molecule has 0 atom stereocenters. The van der Waals surface area contributed by atoms with Crippen molar-refractivity contribution in [3.05, 3.63) is 206 Å². The third kappa shape index (κ3) is 5.69. The Labute approximate surface area is 346 Å². The number of nitrogens with zero attached hydrogens (tertiary/aromatic N) is 4. The quantitative estimate of drug-likeness (QED) is 0.129. The predicted octanol–water partition coefficient (Wildman–Crippen LogP) is 14.5. The zero-order valence-electron chi connectivity index (χ0n) is 32.4. The Kier molecular flexibility index (Phi) is 7.82. The highest BCUT2D eigenvalue weighted by Crippen LogP contribution is 2.44. The molecule has 8 aromatic carbocycles. The first-order chi connectivity index (χ1) is 29.7. The van der Waals surface area contributed by atoms with Crippen molar-refractivity contribution in [3.8, 4) is 56.2 Å². The normalized spacial score (nSPS) is 11.7. The number of pyridine rings is 4. The molecule has 4 heterocycles. The summed E-state index contributed by atoms with van der Waals surface area (Å²) in [5, 5.41) is 8.83. The van der Waals surface area contributed by atoms with Crippen LogP contribution in [-0.2, 0) is 0 Å². The smallest absolute Gasteiger partial charge is 0.0972 e. The Hall–Kier alpha value is -8.08. The molecule has 0 saturated heterocycles. The lowest BCUT2D eigenvalue weighted by Gasteiger charge is -2.17. The number of aromatic nitrogens is 4. The maximum atomic E-state index is 5.45. The molecule has 0 aliphatic carbocycles. The van der Waals surface area contributed by atoms with Gasteiger partial charge >= 0.3 is 0 Å². The Morgan fingerprint density at radius 3 is 1.17 bits per heavy atom. The fourth-order valence-electron chi connectivity index (χ4n) is 8.86. The van der Waals surface area contributed by atoms with Crippen LogP contribution in [0.15, 0.2) is 206 Å². The lowest BCUT2D eigenvalue weighted by atomic mass is 9.88. The van der Waals surface area contributed by atoms with Crippen LogP contribution in [-0.4, -0.2) is 19.9 Å². The lowest BCUT2D eigenvalue weighted by molar-refractivity contribution is 1.37. The van der Waals surface area contributed by atoms with Gasteiger partial charge in [0, 0.05) is 43.8 Å². The Morgan fingerprint density at radius 1 is 0.233 bits per heavy atom. The van der Waals surface area contributed by atoms with Crippen LogP contribution >= 0.6 is 0 Å². The van der Waals surface area contributed by atoms with Crippen LogP contribution in [0.4, 0.5) is 0 Å². The molecule has 0 spiro atoms. The molecule has 0 saturated carbocycles. The van der Waals surface area contributed by atoms with Gasteiger partial charge < -0.3 is 0 Å². The molecule has 0 aliphatic rings. The van der Waals surface area contributed by atoms with E-state index in [-0.39, 0.29) is 0 Å². The molecule has 0 N–H and O–H groups in total. The minimum absolute atomic E-state index is 0.893. The lowest BCUT2D eigenvalue weighted by Crippen LogP contribution is -1.95. The molecule has 60 heavy (non-hydrogen) atoms. The standard InChI is InChI=1S/C56H34N4/c1-3-11-35(12-4-1)41-23-19-37-25-29-48(57-51(37)33-41)42-24-20-38-26-31-49(58-52(38)34-42)53-43-15-7-9-17-45(43)54(46-18-10-8-16-44(46)53)50-32-28-40-22-21-39-27-30-47(36-13-5-2-6-14-36)59-55(39)56(40)60-50/h1-34H. The van der Waals surface area contributed by atoms with E-state index in [4.69, 9.17) is 19.9 Å². The second-order valence-corrected chi connectivity index (χ2v) is 15.4. The highest BCUT2D eigenvalue weighted by Gasteiger charge is 2.19. The van der Waals surface area contributed by atoms with E-state index < -0.39 is 0 Å². The number of rotatable bonds is 5. The summed E-state index contributed by atoms with van der Waals surface area (Å²) in [6, 6.07) is 72.6. The van der Waals surface area contributed by atoms with Crippen LogP contribution < -0.4 is 0 Å². The largest absolute Gasteiger partial charge is 0.248 e. The van der Waals surface area contributed by atoms with Crippen LogP contribution in [0, 0.1) is 0 Å². The first-order valence-corrected chi connectivity index (χ1v) is 20.3. The van der Waals surface area contributed by atoms with Gasteiger partial charge in [0.25, 0.3) is 0 Å². The summed E-state index contributed by atoms with van der Waals surface area (Å²) in [6.07, 6.45) is 0. The van der Waals surface area contributed by atoms with Gasteiger partial charge in [0.15, 0.2) is 0 Å². The molecule has 0 radical (unpaired) electrons. The van der Waals surface area contributed by atoms with Crippen molar-refractivity contribution in [2.45, 2.75) is 0 Å². The maximum Gasteiger partial charge on any atom is 0.0972 e. The van der Waals surface area contributed by atoms with Crippen molar-refractivity contribution < 1.29 is 0 Å². The molecule has 0 amide bonds. The Bertz CT molecular complexity index is 3600. The predicted molar refractivity (Wildman–Crippen MR) is 250 cm³/mol. The summed E-state index contributed by atoms with van der Waals surface area (Å²) in [6.45, 7) is 0. The molecular weight excluding hydrogens is 729 g/mol. The van der Waals surface area contributed by atoms with E-state index in [1.807, 2.05) is 12.1 Å².